The number of hydrogen-bond donors (Lipinski definition) is 0. The third-order valence-corrected chi connectivity index (χ3v) is 1.90. The first-order chi connectivity index (χ1) is 6.70. The molecule has 1 heterocycles. The van der Waals surface area contributed by atoms with E-state index >= 15 is 0 Å². The molecule has 0 N–H and O–H groups in total. The van der Waals surface area contributed by atoms with Gasteiger partial charge in [0.25, 0.3) is 0 Å². The summed E-state index contributed by atoms with van der Waals surface area (Å²) in [6, 6.07) is 2.05. The van der Waals surface area contributed by atoms with E-state index in [-0.39, 0.29) is 12.3 Å². The van der Waals surface area contributed by atoms with E-state index in [0.717, 1.165) is 5.69 Å². The van der Waals surface area contributed by atoms with Crippen molar-refractivity contribution in [1.82, 2.24) is 9.97 Å². The van der Waals surface area contributed by atoms with Gasteiger partial charge in [-0.15, -0.1) is 0 Å². The smallest absolute Gasteiger partial charge is 0.163 e. The molecule has 0 radical (unpaired) electrons. The first kappa shape index (κ1) is 10.5. The Morgan fingerprint density at radius 3 is 2.71 bits per heavy atom. The predicted molar refractivity (Wildman–Crippen MR) is 52.0 cm³/mol. The van der Waals surface area contributed by atoms with E-state index in [2.05, 4.69) is 16.0 Å². The van der Waals surface area contributed by atoms with Crippen LogP contribution < -0.4 is 4.74 Å². The molecule has 1 aromatic rings. The molecule has 4 heteroatoms. The second kappa shape index (κ2) is 4.56. The van der Waals surface area contributed by atoms with Gasteiger partial charge in [0.1, 0.15) is 12.0 Å². The van der Waals surface area contributed by atoms with Crippen molar-refractivity contribution in [2.75, 3.05) is 7.11 Å². The summed E-state index contributed by atoms with van der Waals surface area (Å²) in [6.07, 6.45) is 1.73. The molecule has 0 aromatic carbocycles. The van der Waals surface area contributed by atoms with Gasteiger partial charge in [0, 0.05) is 0 Å². The van der Waals surface area contributed by atoms with E-state index in [1.54, 1.807) is 7.11 Å². The summed E-state index contributed by atoms with van der Waals surface area (Å²) in [4.78, 5) is 8.17. The number of nitrogens with zero attached hydrogens (tertiary/aromatic N) is 3. The third kappa shape index (κ3) is 1.99. The molecule has 0 aliphatic rings. The predicted octanol–water partition coefficient (Wildman–Crippen LogP) is 1.67. The molecule has 4 nitrogen and oxygen atoms in total. The molecule has 0 saturated carbocycles. The monoisotopic (exact) mass is 191 g/mol. The summed E-state index contributed by atoms with van der Waals surface area (Å²) in [7, 11) is 1.57. The molecule has 0 bridgehead atoms. The second-order valence-electron chi connectivity index (χ2n) is 3.23. The quantitative estimate of drug-likeness (QED) is 0.729. The van der Waals surface area contributed by atoms with Gasteiger partial charge >= 0.3 is 0 Å². The van der Waals surface area contributed by atoms with Gasteiger partial charge in [0.2, 0.25) is 0 Å². The maximum absolute atomic E-state index is 8.60. The normalized spacial score (nSPS) is 9.93. The number of methoxy groups -OCH3 is 1. The van der Waals surface area contributed by atoms with Gasteiger partial charge in [0.05, 0.1) is 25.3 Å². The van der Waals surface area contributed by atoms with Gasteiger partial charge in [-0.25, -0.2) is 9.97 Å². The van der Waals surface area contributed by atoms with E-state index in [1.165, 1.54) is 6.33 Å². The maximum Gasteiger partial charge on any atom is 0.163 e. The van der Waals surface area contributed by atoms with Gasteiger partial charge < -0.3 is 4.74 Å². The molecule has 0 aliphatic heterocycles. The van der Waals surface area contributed by atoms with Crippen molar-refractivity contribution in [1.29, 1.82) is 5.26 Å². The van der Waals surface area contributed by atoms with Crippen LogP contribution >= 0.6 is 0 Å². The van der Waals surface area contributed by atoms with E-state index < -0.39 is 0 Å². The lowest BCUT2D eigenvalue weighted by atomic mass is 10.1. The molecule has 0 unspecified atom stereocenters. The third-order valence-electron chi connectivity index (χ3n) is 1.90. The van der Waals surface area contributed by atoms with Crippen molar-refractivity contribution < 1.29 is 4.74 Å². The molecular formula is C10H13N3O. The molecule has 14 heavy (non-hydrogen) atoms. The Balaban J connectivity index is 3.19. The van der Waals surface area contributed by atoms with Crippen LogP contribution in [0.5, 0.6) is 5.75 Å². The van der Waals surface area contributed by atoms with Crippen LogP contribution in [-0.4, -0.2) is 17.1 Å². The lowest BCUT2D eigenvalue weighted by molar-refractivity contribution is 0.397. The Hall–Kier alpha value is -1.63. The van der Waals surface area contributed by atoms with Crippen LogP contribution in [0.15, 0.2) is 6.33 Å². The summed E-state index contributed by atoms with van der Waals surface area (Å²) in [5.41, 5.74) is 1.52. The lowest BCUT2D eigenvalue weighted by Gasteiger charge is -2.11. The van der Waals surface area contributed by atoms with Gasteiger partial charge in [0.15, 0.2) is 5.75 Å². The van der Waals surface area contributed by atoms with E-state index in [4.69, 9.17) is 10.00 Å². The van der Waals surface area contributed by atoms with Gasteiger partial charge in [-0.2, -0.15) is 5.26 Å². The van der Waals surface area contributed by atoms with Crippen molar-refractivity contribution in [3.8, 4) is 11.8 Å². The van der Waals surface area contributed by atoms with Gasteiger partial charge in [-0.05, 0) is 5.92 Å². The minimum atomic E-state index is 0.255. The topological polar surface area (TPSA) is 58.8 Å². The average molecular weight is 191 g/mol. The second-order valence-corrected chi connectivity index (χ2v) is 3.23. The first-order valence-electron chi connectivity index (χ1n) is 4.45. The number of nitriles is 1. The highest BCUT2D eigenvalue weighted by Crippen LogP contribution is 2.26. The van der Waals surface area contributed by atoms with Crippen LogP contribution in [-0.2, 0) is 6.42 Å². The Labute approximate surface area is 83.6 Å². The Morgan fingerprint density at radius 2 is 2.21 bits per heavy atom. The van der Waals surface area contributed by atoms with Crippen molar-refractivity contribution in [3.05, 3.63) is 17.7 Å². The molecule has 1 rings (SSSR count). The zero-order valence-electron chi connectivity index (χ0n) is 8.61. The van der Waals surface area contributed by atoms with Crippen LogP contribution in [0.4, 0.5) is 0 Å². The molecule has 0 aliphatic carbocycles. The van der Waals surface area contributed by atoms with Crippen LogP contribution in [0, 0.1) is 11.3 Å². The highest BCUT2D eigenvalue weighted by atomic mass is 16.5. The molecule has 0 atom stereocenters. The van der Waals surface area contributed by atoms with E-state index in [9.17, 15) is 0 Å². The molecule has 0 spiro atoms. The molecular weight excluding hydrogens is 178 g/mol. The molecule has 0 fully saturated rings. The van der Waals surface area contributed by atoms with Crippen molar-refractivity contribution in [3.63, 3.8) is 0 Å². The molecule has 0 saturated heterocycles. The zero-order valence-corrected chi connectivity index (χ0v) is 8.61. The standard InChI is InChI=1S/C10H13N3O/c1-7(2)9-10(14-3)8(4-5-11)12-6-13-9/h6-7H,4H2,1-3H3. The Bertz CT molecular complexity index is 355. The van der Waals surface area contributed by atoms with Gasteiger partial charge in [-0.3, -0.25) is 0 Å². The van der Waals surface area contributed by atoms with Gasteiger partial charge in [-0.1, -0.05) is 13.8 Å². The van der Waals surface area contributed by atoms with Crippen molar-refractivity contribution in [2.45, 2.75) is 26.2 Å². The Kier molecular flexibility index (Phi) is 3.41. The summed E-state index contributed by atoms with van der Waals surface area (Å²) in [6.45, 7) is 4.06. The lowest BCUT2D eigenvalue weighted by Crippen LogP contribution is -2.03. The number of ether oxygens (including phenoxy) is 1. The molecule has 0 amide bonds. The summed E-state index contributed by atoms with van der Waals surface area (Å²) < 4.78 is 5.21. The zero-order chi connectivity index (χ0) is 10.6. The minimum Gasteiger partial charge on any atom is -0.493 e. The summed E-state index contributed by atoms with van der Waals surface area (Å²) in [5.74, 6) is 0.912. The fourth-order valence-electron chi connectivity index (χ4n) is 1.26. The fourth-order valence-corrected chi connectivity index (χ4v) is 1.26. The van der Waals surface area contributed by atoms with Crippen molar-refractivity contribution in [2.24, 2.45) is 0 Å². The largest absolute Gasteiger partial charge is 0.493 e. The number of rotatable bonds is 3. The first-order valence-corrected chi connectivity index (χ1v) is 4.45. The maximum atomic E-state index is 8.60. The Morgan fingerprint density at radius 1 is 1.50 bits per heavy atom. The average Bonchev–Trinajstić information content (AvgIpc) is 2.18. The van der Waals surface area contributed by atoms with Crippen molar-refractivity contribution >= 4 is 0 Å². The SMILES string of the molecule is COc1c(CC#N)ncnc1C(C)C. The highest BCUT2D eigenvalue weighted by Gasteiger charge is 2.13. The summed E-state index contributed by atoms with van der Waals surface area (Å²) >= 11 is 0. The number of aromatic nitrogens is 2. The fraction of sp³-hybridized carbons (Fsp3) is 0.500. The number of hydrogen-bond acceptors (Lipinski definition) is 4. The highest BCUT2D eigenvalue weighted by molar-refractivity contribution is 5.35. The van der Waals surface area contributed by atoms with E-state index in [0.29, 0.717) is 11.4 Å². The molecule has 1 aromatic heterocycles. The van der Waals surface area contributed by atoms with Crippen LogP contribution in [0.3, 0.4) is 0 Å². The van der Waals surface area contributed by atoms with Crippen LogP contribution in [0.2, 0.25) is 0 Å². The van der Waals surface area contributed by atoms with Crippen LogP contribution in [0.25, 0.3) is 0 Å². The molecule has 74 valence electrons. The van der Waals surface area contributed by atoms with Crippen LogP contribution in [0.1, 0.15) is 31.2 Å². The van der Waals surface area contributed by atoms with E-state index in [1.807, 2.05) is 13.8 Å². The minimum absolute atomic E-state index is 0.255. The summed E-state index contributed by atoms with van der Waals surface area (Å²) in [5, 5.41) is 8.60.